The molecule has 0 unspecified atom stereocenters. The van der Waals surface area contributed by atoms with Crippen LogP contribution >= 0.6 is 22.6 Å². The molecule has 0 aliphatic heterocycles. The van der Waals surface area contributed by atoms with Crippen LogP contribution in [0.3, 0.4) is 0 Å². The van der Waals surface area contributed by atoms with Crippen molar-refractivity contribution in [2.45, 2.75) is 29.4 Å². The Balaban J connectivity index is 2.34. The minimum atomic E-state index is -1.22. The highest BCUT2D eigenvalue weighted by Crippen LogP contribution is 2.42. The summed E-state index contributed by atoms with van der Waals surface area (Å²) in [4.78, 5) is 12.6. The molecule has 0 radical (unpaired) electrons. The summed E-state index contributed by atoms with van der Waals surface area (Å²) in [6.45, 7) is 4.06. The van der Waals surface area contributed by atoms with Crippen LogP contribution in [0.15, 0.2) is 78.9 Å². The summed E-state index contributed by atoms with van der Waals surface area (Å²) in [7, 11) is 3.26. The van der Waals surface area contributed by atoms with Crippen molar-refractivity contribution in [3.05, 3.63) is 95.6 Å². The van der Waals surface area contributed by atoms with E-state index in [0.29, 0.717) is 6.42 Å². The molecular formula is C27H30INO4. The van der Waals surface area contributed by atoms with Crippen molar-refractivity contribution in [3.63, 3.8) is 0 Å². The van der Waals surface area contributed by atoms with E-state index in [-0.39, 0.29) is 5.92 Å². The van der Waals surface area contributed by atoms with Gasteiger partial charge in [0.15, 0.2) is 3.55 Å². The Morgan fingerprint density at radius 2 is 1.27 bits per heavy atom. The van der Waals surface area contributed by atoms with E-state index in [1.165, 1.54) is 0 Å². The van der Waals surface area contributed by atoms with E-state index in [4.69, 9.17) is 9.47 Å². The van der Waals surface area contributed by atoms with Crippen LogP contribution in [-0.4, -0.2) is 28.8 Å². The van der Waals surface area contributed by atoms with E-state index in [2.05, 4.69) is 27.9 Å². The van der Waals surface area contributed by atoms with Crippen molar-refractivity contribution >= 4 is 28.6 Å². The maximum atomic E-state index is 12.6. The van der Waals surface area contributed by atoms with Crippen molar-refractivity contribution in [3.8, 4) is 11.5 Å². The number of carboxylic acids is 1. The first kappa shape index (κ1) is 25.1. The topological polar surface area (TPSA) is 67.8 Å². The lowest BCUT2D eigenvalue weighted by molar-refractivity contribution is -0.141. The van der Waals surface area contributed by atoms with Crippen LogP contribution in [0.4, 0.5) is 0 Å². The molecule has 3 aromatic rings. The van der Waals surface area contributed by atoms with Crippen molar-refractivity contribution in [1.29, 1.82) is 0 Å². The number of hydrogen-bond acceptors (Lipinski definition) is 4. The molecule has 0 aliphatic carbocycles. The molecular weight excluding hydrogens is 529 g/mol. The van der Waals surface area contributed by atoms with E-state index in [9.17, 15) is 9.90 Å². The number of rotatable bonds is 10. The van der Waals surface area contributed by atoms with Gasteiger partial charge in [-0.1, -0.05) is 68.4 Å². The van der Waals surface area contributed by atoms with Gasteiger partial charge in [0.2, 0.25) is 0 Å². The van der Waals surface area contributed by atoms with Gasteiger partial charge in [-0.15, -0.1) is 0 Å². The van der Waals surface area contributed by atoms with Gasteiger partial charge in [-0.2, -0.15) is 0 Å². The summed E-state index contributed by atoms with van der Waals surface area (Å²) in [5.41, 5.74) is 1.82. The summed E-state index contributed by atoms with van der Waals surface area (Å²) in [6.07, 6.45) is 0.448. The molecule has 0 aliphatic rings. The van der Waals surface area contributed by atoms with Crippen molar-refractivity contribution in [1.82, 2.24) is 5.32 Å². The highest BCUT2D eigenvalue weighted by molar-refractivity contribution is 14.1. The molecule has 3 aromatic carbocycles. The standard InChI is InChI=1S/C27H30INO4/c1-19(2)18-26(28,25(30)31)29-27(20-8-6-5-7-9-20,21-10-14-23(32-3)15-11-21)22-12-16-24(33-4)17-13-22/h5-17,19,29H,18H2,1-4H3,(H,30,31)/t26-/m0/s1. The number of carbonyl (C=O) groups is 1. The summed E-state index contributed by atoms with van der Waals surface area (Å²) < 4.78 is 9.54. The van der Waals surface area contributed by atoms with Crippen LogP contribution in [0.5, 0.6) is 11.5 Å². The smallest absolute Gasteiger partial charge is 0.334 e. The lowest BCUT2D eigenvalue weighted by Crippen LogP contribution is -2.58. The SMILES string of the molecule is COc1ccc(C(N[C@@](I)(CC(C)C)C(=O)O)(c2ccccc2)c2ccc(OC)cc2)cc1. The molecule has 174 valence electrons. The molecule has 0 amide bonds. The number of halogens is 1. The molecule has 1 atom stereocenters. The third kappa shape index (κ3) is 5.33. The fourth-order valence-corrected chi connectivity index (χ4v) is 5.42. The minimum Gasteiger partial charge on any atom is -0.497 e. The van der Waals surface area contributed by atoms with Crippen LogP contribution in [0.25, 0.3) is 0 Å². The van der Waals surface area contributed by atoms with Gasteiger partial charge in [-0.05, 0) is 75.9 Å². The van der Waals surface area contributed by atoms with E-state index in [0.717, 1.165) is 28.2 Å². The molecule has 0 spiro atoms. The van der Waals surface area contributed by atoms with E-state index in [1.54, 1.807) is 14.2 Å². The fourth-order valence-electron chi connectivity index (χ4n) is 4.14. The molecule has 0 aromatic heterocycles. The highest BCUT2D eigenvalue weighted by Gasteiger charge is 2.47. The molecule has 0 bridgehead atoms. The van der Waals surface area contributed by atoms with Gasteiger partial charge >= 0.3 is 5.97 Å². The van der Waals surface area contributed by atoms with Crippen LogP contribution < -0.4 is 14.8 Å². The van der Waals surface area contributed by atoms with Gasteiger partial charge in [-0.25, -0.2) is 4.79 Å². The summed E-state index contributed by atoms with van der Waals surface area (Å²) in [6, 6.07) is 25.5. The molecule has 33 heavy (non-hydrogen) atoms. The molecule has 5 nitrogen and oxygen atoms in total. The van der Waals surface area contributed by atoms with Gasteiger partial charge in [0.25, 0.3) is 0 Å². The number of methoxy groups -OCH3 is 2. The first-order valence-electron chi connectivity index (χ1n) is 10.8. The Hall–Kier alpha value is -2.58. The zero-order valence-corrected chi connectivity index (χ0v) is 21.5. The maximum absolute atomic E-state index is 12.6. The van der Waals surface area contributed by atoms with E-state index in [1.807, 2.05) is 92.7 Å². The summed E-state index contributed by atoms with van der Waals surface area (Å²) >= 11 is 2.05. The molecule has 0 heterocycles. The molecule has 0 fully saturated rings. The Morgan fingerprint density at radius 1 is 0.848 bits per heavy atom. The number of ether oxygens (including phenoxy) is 2. The van der Waals surface area contributed by atoms with E-state index < -0.39 is 15.1 Å². The van der Waals surface area contributed by atoms with Crippen molar-refractivity contribution in [2.75, 3.05) is 14.2 Å². The second-order valence-electron chi connectivity index (χ2n) is 8.40. The van der Waals surface area contributed by atoms with Crippen molar-refractivity contribution in [2.24, 2.45) is 5.92 Å². The number of carboxylic acid groups (broad SMARTS) is 1. The predicted molar refractivity (Wildman–Crippen MR) is 139 cm³/mol. The molecule has 0 saturated carbocycles. The lowest BCUT2D eigenvalue weighted by Gasteiger charge is -2.43. The fraction of sp³-hybridized carbons (Fsp3) is 0.296. The lowest BCUT2D eigenvalue weighted by atomic mass is 9.76. The molecule has 2 N–H and O–H groups in total. The van der Waals surface area contributed by atoms with Crippen LogP contribution in [0.2, 0.25) is 0 Å². The Labute approximate surface area is 209 Å². The van der Waals surface area contributed by atoms with Crippen molar-refractivity contribution < 1.29 is 19.4 Å². The average Bonchev–Trinajstić information content (AvgIpc) is 2.83. The first-order valence-corrected chi connectivity index (χ1v) is 11.9. The Kier molecular flexibility index (Phi) is 8.02. The van der Waals surface area contributed by atoms with Gasteiger partial charge in [-0.3, -0.25) is 5.32 Å². The normalized spacial score (nSPS) is 13.4. The summed E-state index contributed by atoms with van der Waals surface area (Å²) in [5.74, 6) is 0.734. The zero-order chi connectivity index (χ0) is 24.1. The Bertz CT molecular complexity index is 1000. The van der Waals surface area contributed by atoms with Gasteiger partial charge in [0, 0.05) is 0 Å². The number of nitrogens with one attached hydrogen (secondary N) is 1. The largest absolute Gasteiger partial charge is 0.497 e. The monoisotopic (exact) mass is 559 g/mol. The first-order chi connectivity index (χ1) is 15.7. The zero-order valence-electron chi connectivity index (χ0n) is 19.3. The van der Waals surface area contributed by atoms with Gasteiger partial charge in [0.1, 0.15) is 11.5 Å². The molecule has 0 saturated heterocycles. The predicted octanol–water partition coefficient (Wildman–Crippen LogP) is 5.85. The van der Waals surface area contributed by atoms with Crippen LogP contribution in [0, 0.1) is 5.92 Å². The Morgan fingerprint density at radius 3 is 1.64 bits per heavy atom. The number of aliphatic carboxylic acids is 1. The number of benzene rings is 3. The van der Waals surface area contributed by atoms with Crippen LogP contribution in [0.1, 0.15) is 37.0 Å². The number of hydrogen-bond donors (Lipinski definition) is 2. The van der Waals surface area contributed by atoms with E-state index >= 15 is 0 Å². The third-order valence-corrected chi connectivity index (χ3v) is 6.84. The molecule has 6 heteroatoms. The van der Waals surface area contributed by atoms with Crippen LogP contribution in [-0.2, 0) is 10.3 Å². The molecule has 3 rings (SSSR count). The number of alkyl halides is 1. The second kappa shape index (κ2) is 10.6. The third-order valence-electron chi connectivity index (χ3n) is 5.67. The minimum absolute atomic E-state index is 0.172. The summed E-state index contributed by atoms with van der Waals surface area (Å²) in [5, 5.41) is 13.9. The average molecular weight is 559 g/mol. The van der Waals surface area contributed by atoms with Gasteiger partial charge < -0.3 is 14.6 Å². The second-order valence-corrected chi connectivity index (χ2v) is 10.2. The maximum Gasteiger partial charge on any atom is 0.334 e. The highest BCUT2D eigenvalue weighted by atomic mass is 127. The van der Waals surface area contributed by atoms with Gasteiger partial charge in [0.05, 0.1) is 19.8 Å². The quantitative estimate of drug-likeness (QED) is 0.141.